The zero-order valence-electron chi connectivity index (χ0n) is 11.1. The Kier molecular flexibility index (Phi) is 5.63. The molecule has 3 nitrogen and oxygen atoms in total. The highest BCUT2D eigenvalue weighted by atomic mass is 35.5. The maximum Gasteiger partial charge on any atom is 0.304 e. The number of carbonyl (C=O) groups is 1. The molecule has 18 heavy (non-hydrogen) atoms. The SMILES string of the molecule is Cc1cc(Cl)ccc1CN(CCC(=O)O)C(C)C. The maximum absolute atomic E-state index is 10.6. The van der Waals surface area contributed by atoms with E-state index in [2.05, 4.69) is 18.7 Å². The monoisotopic (exact) mass is 269 g/mol. The number of benzene rings is 1. The maximum atomic E-state index is 10.6. The molecular formula is C14H20ClNO2. The number of carboxylic acid groups (broad SMARTS) is 1. The van der Waals surface area contributed by atoms with Crippen molar-refractivity contribution in [1.82, 2.24) is 4.90 Å². The first-order valence-corrected chi connectivity index (χ1v) is 6.49. The minimum absolute atomic E-state index is 0.171. The summed E-state index contributed by atoms with van der Waals surface area (Å²) in [4.78, 5) is 12.8. The van der Waals surface area contributed by atoms with Crippen molar-refractivity contribution in [2.45, 2.75) is 39.8 Å². The van der Waals surface area contributed by atoms with Crippen molar-refractivity contribution in [2.24, 2.45) is 0 Å². The van der Waals surface area contributed by atoms with Crippen LogP contribution in [-0.2, 0) is 11.3 Å². The third kappa shape index (κ3) is 4.67. The van der Waals surface area contributed by atoms with Gasteiger partial charge >= 0.3 is 5.97 Å². The number of aliphatic carboxylic acids is 1. The molecular weight excluding hydrogens is 250 g/mol. The molecule has 0 aliphatic carbocycles. The topological polar surface area (TPSA) is 40.5 Å². The van der Waals surface area contributed by atoms with E-state index >= 15 is 0 Å². The van der Waals surface area contributed by atoms with Crippen LogP contribution in [0.15, 0.2) is 18.2 Å². The molecule has 1 rings (SSSR count). The van der Waals surface area contributed by atoms with Crippen molar-refractivity contribution in [3.63, 3.8) is 0 Å². The fraction of sp³-hybridized carbons (Fsp3) is 0.500. The predicted molar refractivity (Wildman–Crippen MR) is 74.0 cm³/mol. The molecule has 1 N–H and O–H groups in total. The zero-order valence-corrected chi connectivity index (χ0v) is 11.9. The summed E-state index contributed by atoms with van der Waals surface area (Å²) >= 11 is 5.93. The Hall–Kier alpha value is -1.06. The summed E-state index contributed by atoms with van der Waals surface area (Å²) < 4.78 is 0. The van der Waals surface area contributed by atoms with Crippen molar-refractivity contribution in [3.8, 4) is 0 Å². The molecule has 0 bridgehead atoms. The lowest BCUT2D eigenvalue weighted by atomic mass is 10.1. The van der Waals surface area contributed by atoms with E-state index < -0.39 is 5.97 Å². The molecule has 0 radical (unpaired) electrons. The minimum Gasteiger partial charge on any atom is -0.481 e. The highest BCUT2D eigenvalue weighted by molar-refractivity contribution is 6.30. The molecule has 0 aliphatic rings. The summed E-state index contributed by atoms with van der Waals surface area (Å²) in [7, 11) is 0. The van der Waals surface area contributed by atoms with Crippen molar-refractivity contribution < 1.29 is 9.90 Å². The van der Waals surface area contributed by atoms with E-state index in [9.17, 15) is 4.79 Å². The van der Waals surface area contributed by atoms with Gasteiger partial charge in [-0.3, -0.25) is 9.69 Å². The molecule has 0 atom stereocenters. The molecule has 0 amide bonds. The Bertz CT molecular complexity index is 418. The number of halogens is 1. The molecule has 1 aromatic rings. The van der Waals surface area contributed by atoms with E-state index in [1.54, 1.807) is 0 Å². The number of hydrogen-bond donors (Lipinski definition) is 1. The van der Waals surface area contributed by atoms with Crippen molar-refractivity contribution >= 4 is 17.6 Å². The van der Waals surface area contributed by atoms with E-state index in [4.69, 9.17) is 16.7 Å². The number of rotatable bonds is 6. The molecule has 0 heterocycles. The number of nitrogens with zero attached hydrogens (tertiary/aromatic N) is 1. The molecule has 0 saturated heterocycles. The first-order chi connectivity index (χ1) is 8.40. The van der Waals surface area contributed by atoms with Crippen LogP contribution in [-0.4, -0.2) is 28.6 Å². The molecule has 1 aromatic carbocycles. The second kappa shape index (κ2) is 6.76. The van der Waals surface area contributed by atoms with Crippen LogP contribution in [0.4, 0.5) is 0 Å². The van der Waals surface area contributed by atoms with Crippen LogP contribution in [0.3, 0.4) is 0 Å². The highest BCUT2D eigenvalue weighted by Crippen LogP contribution is 2.18. The lowest BCUT2D eigenvalue weighted by Gasteiger charge is -2.26. The largest absolute Gasteiger partial charge is 0.481 e. The third-order valence-corrected chi connectivity index (χ3v) is 3.26. The van der Waals surface area contributed by atoms with Crippen LogP contribution in [0.5, 0.6) is 0 Å². The average molecular weight is 270 g/mol. The summed E-state index contributed by atoms with van der Waals surface area (Å²) in [5.41, 5.74) is 2.34. The van der Waals surface area contributed by atoms with Crippen LogP contribution in [0.1, 0.15) is 31.4 Å². The van der Waals surface area contributed by atoms with Gasteiger partial charge in [-0.2, -0.15) is 0 Å². The summed E-state index contributed by atoms with van der Waals surface area (Å²) in [5, 5.41) is 9.49. The summed E-state index contributed by atoms with van der Waals surface area (Å²) in [6.45, 7) is 7.50. The molecule has 0 fully saturated rings. The first kappa shape index (κ1) is 15.0. The summed E-state index contributed by atoms with van der Waals surface area (Å²) in [5.74, 6) is -0.756. The average Bonchev–Trinajstić information content (AvgIpc) is 2.26. The second-order valence-corrected chi connectivity index (χ2v) is 5.22. The first-order valence-electron chi connectivity index (χ1n) is 6.11. The Morgan fingerprint density at radius 2 is 2.11 bits per heavy atom. The van der Waals surface area contributed by atoms with Crippen LogP contribution < -0.4 is 0 Å². The zero-order chi connectivity index (χ0) is 13.7. The molecule has 4 heteroatoms. The van der Waals surface area contributed by atoms with Gasteiger partial charge in [-0.15, -0.1) is 0 Å². The van der Waals surface area contributed by atoms with Gasteiger partial charge in [0, 0.05) is 24.2 Å². The summed E-state index contributed by atoms with van der Waals surface area (Å²) in [6.07, 6.45) is 0.171. The Labute approximate surface area is 113 Å². The smallest absolute Gasteiger partial charge is 0.304 e. The third-order valence-electron chi connectivity index (χ3n) is 3.02. The minimum atomic E-state index is -0.756. The van der Waals surface area contributed by atoms with Gasteiger partial charge in [-0.1, -0.05) is 17.7 Å². The predicted octanol–water partition coefficient (Wildman–Crippen LogP) is 3.33. The van der Waals surface area contributed by atoms with Crippen LogP contribution in [0.2, 0.25) is 5.02 Å². The van der Waals surface area contributed by atoms with Gasteiger partial charge in [0.05, 0.1) is 6.42 Å². The van der Waals surface area contributed by atoms with Gasteiger partial charge in [-0.05, 0) is 44.0 Å². The molecule has 0 saturated carbocycles. The van der Waals surface area contributed by atoms with Crippen molar-refractivity contribution in [3.05, 3.63) is 34.3 Å². The summed E-state index contributed by atoms with van der Waals surface area (Å²) in [6, 6.07) is 6.14. The van der Waals surface area contributed by atoms with Gasteiger partial charge in [0.15, 0.2) is 0 Å². The Balaban J connectivity index is 2.73. The van der Waals surface area contributed by atoms with Crippen molar-refractivity contribution in [2.75, 3.05) is 6.54 Å². The van der Waals surface area contributed by atoms with E-state index in [1.165, 1.54) is 5.56 Å². The number of aryl methyl sites for hydroxylation is 1. The number of carboxylic acids is 1. The van der Waals surface area contributed by atoms with Gasteiger partial charge < -0.3 is 5.11 Å². The highest BCUT2D eigenvalue weighted by Gasteiger charge is 2.13. The molecule has 0 aromatic heterocycles. The van der Waals surface area contributed by atoms with Gasteiger partial charge in [-0.25, -0.2) is 0 Å². The van der Waals surface area contributed by atoms with Crippen LogP contribution >= 0.6 is 11.6 Å². The Morgan fingerprint density at radius 1 is 1.44 bits per heavy atom. The van der Waals surface area contributed by atoms with Gasteiger partial charge in [0.25, 0.3) is 0 Å². The lowest BCUT2D eigenvalue weighted by molar-refractivity contribution is -0.137. The van der Waals surface area contributed by atoms with E-state index in [0.717, 1.165) is 17.1 Å². The quantitative estimate of drug-likeness (QED) is 0.861. The lowest BCUT2D eigenvalue weighted by Crippen LogP contribution is -2.32. The van der Waals surface area contributed by atoms with Crippen LogP contribution in [0.25, 0.3) is 0 Å². The van der Waals surface area contributed by atoms with E-state index in [0.29, 0.717) is 12.6 Å². The normalized spacial score (nSPS) is 11.2. The standard InChI is InChI=1S/C14H20ClNO2/c1-10(2)16(7-6-14(17)18)9-12-4-5-13(15)8-11(12)3/h4-5,8,10H,6-7,9H2,1-3H3,(H,17,18). The van der Waals surface area contributed by atoms with Crippen LogP contribution in [0, 0.1) is 6.92 Å². The molecule has 0 unspecified atom stereocenters. The fourth-order valence-electron chi connectivity index (χ4n) is 1.81. The Morgan fingerprint density at radius 3 is 2.61 bits per heavy atom. The van der Waals surface area contributed by atoms with Gasteiger partial charge in [0.2, 0.25) is 0 Å². The van der Waals surface area contributed by atoms with Crippen molar-refractivity contribution in [1.29, 1.82) is 0 Å². The second-order valence-electron chi connectivity index (χ2n) is 4.78. The molecule has 0 aliphatic heterocycles. The molecule has 100 valence electrons. The van der Waals surface area contributed by atoms with E-state index in [-0.39, 0.29) is 6.42 Å². The number of hydrogen-bond acceptors (Lipinski definition) is 2. The van der Waals surface area contributed by atoms with Gasteiger partial charge in [0.1, 0.15) is 0 Å². The molecule has 0 spiro atoms. The van der Waals surface area contributed by atoms with E-state index in [1.807, 2.05) is 25.1 Å². The fourth-order valence-corrected chi connectivity index (χ4v) is 2.04.